The van der Waals surface area contributed by atoms with Gasteiger partial charge in [-0.2, -0.15) is 0 Å². The van der Waals surface area contributed by atoms with Crippen LogP contribution in [0.1, 0.15) is 65.2 Å². The van der Waals surface area contributed by atoms with Gasteiger partial charge in [0.05, 0.1) is 0 Å². The molecule has 0 heterocycles. The van der Waals surface area contributed by atoms with Crippen molar-refractivity contribution < 1.29 is 0 Å². The fourth-order valence-electron chi connectivity index (χ4n) is 3.55. The fraction of sp³-hybridized carbons (Fsp3) is 1.00. The molecular formula is C13H25N. The first-order valence-electron chi connectivity index (χ1n) is 6.35. The molecule has 2 aliphatic rings. The SMILES string of the molecule is CC(C)(N)C1(C2CCCCCC2)CC1. The zero-order valence-corrected chi connectivity index (χ0v) is 9.81. The molecule has 0 radical (unpaired) electrons. The summed E-state index contributed by atoms with van der Waals surface area (Å²) in [5.74, 6) is 0.935. The molecule has 0 aromatic heterocycles. The van der Waals surface area contributed by atoms with E-state index in [1.165, 1.54) is 51.4 Å². The quantitative estimate of drug-likeness (QED) is 0.671. The van der Waals surface area contributed by atoms with Crippen molar-refractivity contribution in [1.29, 1.82) is 0 Å². The Hall–Kier alpha value is -0.0400. The van der Waals surface area contributed by atoms with Gasteiger partial charge in [0.25, 0.3) is 0 Å². The largest absolute Gasteiger partial charge is 0.325 e. The Morgan fingerprint density at radius 1 is 1.00 bits per heavy atom. The minimum atomic E-state index is 0.0575. The van der Waals surface area contributed by atoms with E-state index in [-0.39, 0.29) is 5.54 Å². The van der Waals surface area contributed by atoms with Crippen LogP contribution in [-0.4, -0.2) is 5.54 Å². The van der Waals surface area contributed by atoms with Gasteiger partial charge in [-0.05, 0) is 50.9 Å². The van der Waals surface area contributed by atoms with Crippen molar-refractivity contribution in [3.8, 4) is 0 Å². The highest BCUT2D eigenvalue weighted by Gasteiger charge is 2.56. The third-order valence-corrected chi connectivity index (χ3v) is 4.71. The second-order valence-electron chi connectivity index (χ2n) is 6.07. The van der Waals surface area contributed by atoms with E-state index >= 15 is 0 Å². The Kier molecular flexibility index (Phi) is 2.63. The predicted octanol–water partition coefficient (Wildman–Crippen LogP) is 3.47. The summed E-state index contributed by atoms with van der Waals surface area (Å²) >= 11 is 0. The van der Waals surface area contributed by atoms with Crippen LogP contribution in [-0.2, 0) is 0 Å². The Morgan fingerprint density at radius 3 is 1.86 bits per heavy atom. The Morgan fingerprint density at radius 2 is 1.50 bits per heavy atom. The lowest BCUT2D eigenvalue weighted by Gasteiger charge is -2.37. The number of hydrogen-bond donors (Lipinski definition) is 1. The van der Waals surface area contributed by atoms with Gasteiger partial charge >= 0.3 is 0 Å². The molecule has 82 valence electrons. The van der Waals surface area contributed by atoms with Crippen LogP contribution in [0.4, 0.5) is 0 Å². The van der Waals surface area contributed by atoms with Gasteiger partial charge in [-0.1, -0.05) is 25.7 Å². The van der Waals surface area contributed by atoms with Crippen molar-refractivity contribution in [2.75, 3.05) is 0 Å². The average molecular weight is 195 g/mol. The van der Waals surface area contributed by atoms with Crippen LogP contribution in [0.2, 0.25) is 0 Å². The molecule has 2 aliphatic carbocycles. The predicted molar refractivity (Wildman–Crippen MR) is 61.1 cm³/mol. The molecule has 0 amide bonds. The summed E-state index contributed by atoms with van der Waals surface area (Å²) in [6.45, 7) is 4.48. The molecule has 0 saturated heterocycles. The van der Waals surface area contributed by atoms with E-state index < -0.39 is 0 Å². The topological polar surface area (TPSA) is 26.0 Å². The number of rotatable bonds is 2. The molecule has 0 aliphatic heterocycles. The normalized spacial score (nSPS) is 28.5. The first kappa shape index (κ1) is 10.5. The summed E-state index contributed by atoms with van der Waals surface area (Å²) in [5.41, 5.74) is 6.94. The maximum Gasteiger partial charge on any atom is 0.0156 e. The minimum absolute atomic E-state index is 0.0575. The van der Waals surface area contributed by atoms with Crippen LogP contribution >= 0.6 is 0 Å². The highest BCUT2D eigenvalue weighted by molar-refractivity contribution is 5.10. The monoisotopic (exact) mass is 195 g/mol. The van der Waals surface area contributed by atoms with Gasteiger partial charge in [-0.3, -0.25) is 0 Å². The maximum absolute atomic E-state index is 6.36. The van der Waals surface area contributed by atoms with E-state index in [4.69, 9.17) is 5.73 Å². The lowest BCUT2D eigenvalue weighted by molar-refractivity contribution is 0.171. The maximum atomic E-state index is 6.36. The van der Waals surface area contributed by atoms with Crippen molar-refractivity contribution in [3.63, 3.8) is 0 Å². The first-order valence-corrected chi connectivity index (χ1v) is 6.35. The molecule has 0 aromatic carbocycles. The smallest absolute Gasteiger partial charge is 0.0156 e. The van der Waals surface area contributed by atoms with E-state index in [1.807, 2.05) is 0 Å². The van der Waals surface area contributed by atoms with Gasteiger partial charge in [-0.25, -0.2) is 0 Å². The van der Waals surface area contributed by atoms with Crippen LogP contribution in [0.5, 0.6) is 0 Å². The third-order valence-electron chi connectivity index (χ3n) is 4.71. The minimum Gasteiger partial charge on any atom is -0.325 e. The standard InChI is InChI=1S/C13H25N/c1-12(2,14)13(9-10-13)11-7-5-3-4-6-8-11/h11H,3-10,14H2,1-2H3. The van der Waals surface area contributed by atoms with Crippen molar-refractivity contribution in [1.82, 2.24) is 0 Å². The molecule has 0 aromatic rings. The molecule has 1 nitrogen and oxygen atoms in total. The average Bonchev–Trinajstić information content (AvgIpc) is 2.89. The molecule has 2 N–H and O–H groups in total. The van der Waals surface area contributed by atoms with E-state index in [2.05, 4.69) is 13.8 Å². The first-order chi connectivity index (χ1) is 6.56. The van der Waals surface area contributed by atoms with Crippen LogP contribution in [0.15, 0.2) is 0 Å². The molecule has 2 saturated carbocycles. The molecule has 2 fully saturated rings. The van der Waals surface area contributed by atoms with Gasteiger partial charge < -0.3 is 5.73 Å². The summed E-state index contributed by atoms with van der Waals surface area (Å²) < 4.78 is 0. The summed E-state index contributed by atoms with van der Waals surface area (Å²) in [5, 5.41) is 0. The molecule has 0 unspecified atom stereocenters. The van der Waals surface area contributed by atoms with E-state index in [1.54, 1.807) is 0 Å². The Bertz CT molecular complexity index is 190. The van der Waals surface area contributed by atoms with Crippen molar-refractivity contribution in [2.24, 2.45) is 17.1 Å². The Labute approximate surface area is 88.4 Å². The molecule has 14 heavy (non-hydrogen) atoms. The van der Waals surface area contributed by atoms with E-state index in [0.717, 1.165) is 5.92 Å². The summed E-state index contributed by atoms with van der Waals surface area (Å²) in [7, 11) is 0. The van der Waals surface area contributed by atoms with Gasteiger partial charge in [0.15, 0.2) is 0 Å². The molecule has 2 rings (SSSR count). The third kappa shape index (κ3) is 1.71. The zero-order chi connectivity index (χ0) is 10.2. The van der Waals surface area contributed by atoms with Gasteiger partial charge in [0.1, 0.15) is 0 Å². The van der Waals surface area contributed by atoms with Crippen LogP contribution < -0.4 is 5.73 Å². The second kappa shape index (κ2) is 3.52. The molecule has 1 heteroatoms. The summed E-state index contributed by atoms with van der Waals surface area (Å²) in [4.78, 5) is 0. The summed E-state index contributed by atoms with van der Waals surface area (Å²) in [6, 6.07) is 0. The molecule has 0 atom stereocenters. The van der Waals surface area contributed by atoms with Gasteiger partial charge in [-0.15, -0.1) is 0 Å². The van der Waals surface area contributed by atoms with Gasteiger partial charge in [0.2, 0.25) is 0 Å². The number of nitrogens with two attached hydrogens (primary N) is 1. The molecular weight excluding hydrogens is 170 g/mol. The van der Waals surface area contributed by atoms with Crippen LogP contribution in [0, 0.1) is 11.3 Å². The Balaban J connectivity index is 2.05. The molecule has 0 bridgehead atoms. The van der Waals surface area contributed by atoms with Crippen molar-refractivity contribution in [2.45, 2.75) is 70.8 Å². The highest BCUT2D eigenvalue weighted by atomic mass is 14.8. The lowest BCUT2D eigenvalue weighted by atomic mass is 9.72. The second-order valence-corrected chi connectivity index (χ2v) is 6.07. The lowest BCUT2D eigenvalue weighted by Crippen LogP contribution is -2.46. The van der Waals surface area contributed by atoms with Gasteiger partial charge in [0, 0.05) is 5.54 Å². The van der Waals surface area contributed by atoms with Crippen molar-refractivity contribution >= 4 is 0 Å². The van der Waals surface area contributed by atoms with Crippen LogP contribution in [0.3, 0.4) is 0 Å². The number of hydrogen-bond acceptors (Lipinski definition) is 1. The molecule has 0 spiro atoms. The van der Waals surface area contributed by atoms with E-state index in [0.29, 0.717) is 5.41 Å². The van der Waals surface area contributed by atoms with E-state index in [9.17, 15) is 0 Å². The summed E-state index contributed by atoms with van der Waals surface area (Å²) in [6.07, 6.45) is 11.5. The van der Waals surface area contributed by atoms with Crippen molar-refractivity contribution in [3.05, 3.63) is 0 Å². The zero-order valence-electron chi connectivity index (χ0n) is 9.81. The fourth-order valence-corrected chi connectivity index (χ4v) is 3.55. The van der Waals surface area contributed by atoms with Crippen LogP contribution in [0.25, 0.3) is 0 Å². The highest BCUT2D eigenvalue weighted by Crippen LogP contribution is 2.61.